The average Bonchev–Trinajstić information content (AvgIpc) is 2.14. The first-order valence-corrected chi connectivity index (χ1v) is 4.79. The molecule has 0 aliphatic rings. The molecule has 15 heavy (non-hydrogen) atoms. The largest absolute Gasteiger partial charge is 0.405 e. The highest BCUT2D eigenvalue weighted by Gasteiger charge is 2.26. The van der Waals surface area contributed by atoms with Crippen LogP contribution in [0.2, 0.25) is 0 Å². The number of halogens is 3. The molecule has 0 saturated carbocycles. The molecule has 0 spiro atoms. The SMILES string of the molecule is CC(C)c1ccccc1NCC(F)(F)F. The van der Waals surface area contributed by atoms with Crippen LogP contribution in [0.15, 0.2) is 24.3 Å². The van der Waals surface area contributed by atoms with Gasteiger partial charge < -0.3 is 5.32 Å². The quantitative estimate of drug-likeness (QED) is 0.812. The third-order valence-electron chi connectivity index (χ3n) is 2.06. The van der Waals surface area contributed by atoms with Gasteiger partial charge in [0.15, 0.2) is 0 Å². The summed E-state index contributed by atoms with van der Waals surface area (Å²) in [7, 11) is 0. The molecule has 0 radical (unpaired) electrons. The zero-order chi connectivity index (χ0) is 11.5. The highest BCUT2D eigenvalue weighted by atomic mass is 19.4. The zero-order valence-electron chi connectivity index (χ0n) is 8.73. The number of nitrogens with one attached hydrogen (secondary N) is 1. The summed E-state index contributed by atoms with van der Waals surface area (Å²) in [5.41, 5.74) is 1.46. The summed E-state index contributed by atoms with van der Waals surface area (Å²) in [6.45, 7) is 2.92. The highest BCUT2D eigenvalue weighted by molar-refractivity contribution is 5.52. The lowest BCUT2D eigenvalue weighted by Gasteiger charge is -2.15. The monoisotopic (exact) mass is 217 g/mol. The second-order valence-electron chi connectivity index (χ2n) is 3.71. The molecule has 0 bridgehead atoms. The van der Waals surface area contributed by atoms with Crippen LogP contribution in [-0.2, 0) is 0 Å². The Morgan fingerprint density at radius 1 is 1.20 bits per heavy atom. The van der Waals surface area contributed by atoms with Crippen LogP contribution in [0.4, 0.5) is 18.9 Å². The molecule has 0 unspecified atom stereocenters. The predicted octanol–water partition coefficient (Wildman–Crippen LogP) is 3.78. The van der Waals surface area contributed by atoms with E-state index in [-0.39, 0.29) is 5.92 Å². The van der Waals surface area contributed by atoms with Gasteiger partial charge in [-0.1, -0.05) is 32.0 Å². The van der Waals surface area contributed by atoms with Crippen molar-refractivity contribution >= 4 is 5.69 Å². The van der Waals surface area contributed by atoms with Gasteiger partial charge in [-0.2, -0.15) is 13.2 Å². The van der Waals surface area contributed by atoms with Crippen LogP contribution in [-0.4, -0.2) is 12.7 Å². The fourth-order valence-electron chi connectivity index (χ4n) is 1.36. The fourth-order valence-corrected chi connectivity index (χ4v) is 1.36. The Kier molecular flexibility index (Phi) is 3.61. The molecule has 0 aromatic heterocycles. The van der Waals surface area contributed by atoms with Crippen molar-refractivity contribution in [3.63, 3.8) is 0 Å². The van der Waals surface area contributed by atoms with E-state index in [4.69, 9.17) is 0 Å². The van der Waals surface area contributed by atoms with Gasteiger partial charge in [0.05, 0.1) is 0 Å². The Morgan fingerprint density at radius 2 is 1.80 bits per heavy atom. The van der Waals surface area contributed by atoms with Crippen LogP contribution < -0.4 is 5.32 Å². The van der Waals surface area contributed by atoms with Gasteiger partial charge in [-0.25, -0.2) is 0 Å². The van der Waals surface area contributed by atoms with Gasteiger partial charge in [-0.05, 0) is 17.5 Å². The summed E-state index contributed by atoms with van der Waals surface area (Å²) in [6.07, 6.45) is -4.18. The van der Waals surface area contributed by atoms with Crippen LogP contribution >= 0.6 is 0 Å². The van der Waals surface area contributed by atoms with Gasteiger partial charge in [0, 0.05) is 5.69 Å². The maximum Gasteiger partial charge on any atom is 0.405 e. The summed E-state index contributed by atoms with van der Waals surface area (Å²) < 4.78 is 36.0. The Bertz CT molecular complexity index is 318. The lowest BCUT2D eigenvalue weighted by Crippen LogP contribution is -2.21. The van der Waals surface area contributed by atoms with Gasteiger partial charge in [0.25, 0.3) is 0 Å². The minimum absolute atomic E-state index is 0.210. The molecule has 1 nitrogen and oxygen atoms in total. The molecule has 84 valence electrons. The summed E-state index contributed by atoms with van der Waals surface area (Å²) in [5.74, 6) is 0.210. The summed E-state index contributed by atoms with van der Waals surface area (Å²) in [4.78, 5) is 0. The van der Waals surface area contributed by atoms with E-state index >= 15 is 0 Å². The molecule has 0 aliphatic heterocycles. The standard InChI is InChI=1S/C11H14F3N/c1-8(2)9-5-3-4-6-10(9)15-7-11(12,13)14/h3-6,8,15H,7H2,1-2H3. The first kappa shape index (κ1) is 11.9. The fraction of sp³-hybridized carbons (Fsp3) is 0.455. The van der Waals surface area contributed by atoms with Crippen LogP contribution in [0.1, 0.15) is 25.3 Å². The maximum atomic E-state index is 12.0. The number of hydrogen-bond acceptors (Lipinski definition) is 1. The first-order chi connectivity index (χ1) is 6.90. The number of rotatable bonds is 3. The van der Waals surface area contributed by atoms with E-state index in [1.807, 2.05) is 26.0 Å². The van der Waals surface area contributed by atoms with Gasteiger partial charge in [0.2, 0.25) is 0 Å². The first-order valence-electron chi connectivity index (χ1n) is 4.79. The van der Waals surface area contributed by atoms with Crippen molar-refractivity contribution in [2.75, 3.05) is 11.9 Å². The van der Waals surface area contributed by atoms with E-state index in [1.54, 1.807) is 12.1 Å². The number of alkyl halides is 3. The minimum Gasteiger partial charge on any atom is -0.376 e. The van der Waals surface area contributed by atoms with Gasteiger partial charge in [0.1, 0.15) is 6.54 Å². The molecule has 1 aromatic rings. The van der Waals surface area contributed by atoms with Crippen LogP contribution in [0.5, 0.6) is 0 Å². The van der Waals surface area contributed by atoms with Gasteiger partial charge in [-0.3, -0.25) is 0 Å². The number of anilines is 1. The third kappa shape index (κ3) is 3.81. The van der Waals surface area contributed by atoms with Crippen molar-refractivity contribution in [1.82, 2.24) is 0 Å². The molecule has 0 atom stereocenters. The predicted molar refractivity (Wildman–Crippen MR) is 55.1 cm³/mol. The van der Waals surface area contributed by atoms with Crippen LogP contribution in [0.25, 0.3) is 0 Å². The second-order valence-corrected chi connectivity index (χ2v) is 3.71. The van der Waals surface area contributed by atoms with Crippen molar-refractivity contribution in [3.8, 4) is 0 Å². The van der Waals surface area contributed by atoms with E-state index in [1.165, 1.54) is 0 Å². The van der Waals surface area contributed by atoms with E-state index in [0.29, 0.717) is 5.69 Å². The molecule has 1 N–H and O–H groups in total. The molecular weight excluding hydrogens is 203 g/mol. The molecule has 1 rings (SSSR count). The van der Waals surface area contributed by atoms with Crippen LogP contribution in [0.3, 0.4) is 0 Å². The molecule has 4 heteroatoms. The Hall–Kier alpha value is -1.19. The topological polar surface area (TPSA) is 12.0 Å². The third-order valence-corrected chi connectivity index (χ3v) is 2.06. The second kappa shape index (κ2) is 4.55. The van der Waals surface area contributed by atoms with Crippen molar-refractivity contribution in [3.05, 3.63) is 29.8 Å². The lowest BCUT2D eigenvalue weighted by molar-refractivity contribution is -0.115. The summed E-state index contributed by atoms with van der Waals surface area (Å²) in [5, 5.41) is 2.41. The normalized spacial score (nSPS) is 11.9. The number of para-hydroxylation sites is 1. The molecule has 0 fully saturated rings. The maximum absolute atomic E-state index is 12.0. The van der Waals surface area contributed by atoms with Crippen molar-refractivity contribution < 1.29 is 13.2 Å². The van der Waals surface area contributed by atoms with Crippen molar-refractivity contribution in [2.45, 2.75) is 25.9 Å². The lowest BCUT2D eigenvalue weighted by atomic mass is 10.0. The summed E-state index contributed by atoms with van der Waals surface area (Å²) >= 11 is 0. The molecule has 0 aliphatic carbocycles. The average molecular weight is 217 g/mol. The number of hydrogen-bond donors (Lipinski definition) is 1. The van der Waals surface area contributed by atoms with Crippen molar-refractivity contribution in [1.29, 1.82) is 0 Å². The molecule has 0 amide bonds. The molecule has 0 saturated heterocycles. The number of benzene rings is 1. The Morgan fingerprint density at radius 3 is 2.33 bits per heavy atom. The highest BCUT2D eigenvalue weighted by Crippen LogP contribution is 2.25. The van der Waals surface area contributed by atoms with Crippen molar-refractivity contribution in [2.24, 2.45) is 0 Å². The minimum atomic E-state index is -4.18. The van der Waals surface area contributed by atoms with E-state index in [2.05, 4.69) is 5.32 Å². The molecule has 1 aromatic carbocycles. The Labute approximate surface area is 87.3 Å². The molecular formula is C11H14F3N. The summed E-state index contributed by atoms with van der Waals surface area (Å²) in [6, 6.07) is 7.06. The van der Waals surface area contributed by atoms with E-state index in [0.717, 1.165) is 5.56 Å². The van der Waals surface area contributed by atoms with E-state index < -0.39 is 12.7 Å². The van der Waals surface area contributed by atoms with E-state index in [9.17, 15) is 13.2 Å². The Balaban J connectivity index is 2.76. The molecule has 0 heterocycles. The van der Waals surface area contributed by atoms with Crippen LogP contribution in [0, 0.1) is 0 Å². The van der Waals surface area contributed by atoms with Gasteiger partial charge in [-0.15, -0.1) is 0 Å². The smallest absolute Gasteiger partial charge is 0.376 e. The zero-order valence-corrected chi connectivity index (χ0v) is 8.73. The van der Waals surface area contributed by atoms with Gasteiger partial charge >= 0.3 is 6.18 Å².